The Hall–Kier alpha value is -2.75. The lowest BCUT2D eigenvalue weighted by Crippen LogP contribution is -2.23. The summed E-state index contributed by atoms with van der Waals surface area (Å²) in [6.45, 7) is -1.17. The van der Waals surface area contributed by atoms with Crippen molar-refractivity contribution in [3.8, 4) is 11.5 Å². The molecule has 10 heteroatoms. The highest BCUT2D eigenvalue weighted by molar-refractivity contribution is 7.90. The van der Waals surface area contributed by atoms with Gasteiger partial charge in [-0.3, -0.25) is 4.79 Å². The van der Waals surface area contributed by atoms with Crippen LogP contribution in [-0.4, -0.2) is 40.5 Å². The lowest BCUT2D eigenvalue weighted by molar-refractivity contribution is -0.153. The summed E-state index contributed by atoms with van der Waals surface area (Å²) in [5.41, 5.74) is 1.46. The normalized spacial score (nSPS) is 11.8. The van der Waals surface area contributed by atoms with E-state index < -0.39 is 22.6 Å². The molecule has 30 heavy (non-hydrogen) atoms. The van der Waals surface area contributed by atoms with Crippen LogP contribution in [0.25, 0.3) is 0 Å². The number of alkyl halides is 3. The molecule has 0 bridgehead atoms. The summed E-state index contributed by atoms with van der Waals surface area (Å²) < 4.78 is 69.6. The fourth-order valence-corrected chi connectivity index (χ4v) is 3.18. The highest BCUT2D eigenvalue weighted by Crippen LogP contribution is 2.30. The third-order valence-electron chi connectivity index (χ3n) is 4.10. The number of nitrogens with one attached hydrogen (secondary N) is 1. The van der Waals surface area contributed by atoms with Gasteiger partial charge >= 0.3 is 6.18 Å². The Balaban J connectivity index is 1.86. The average molecular weight is 445 g/mol. The number of methoxy groups -OCH3 is 1. The van der Waals surface area contributed by atoms with Crippen molar-refractivity contribution in [2.45, 2.75) is 30.5 Å². The molecule has 1 N–H and O–H groups in total. The number of carbonyl (C=O) groups is 1. The predicted molar refractivity (Wildman–Crippen MR) is 104 cm³/mol. The van der Waals surface area contributed by atoms with Gasteiger partial charge in [-0.2, -0.15) is 13.2 Å². The van der Waals surface area contributed by atoms with Crippen LogP contribution in [0.3, 0.4) is 0 Å². The van der Waals surface area contributed by atoms with Crippen molar-refractivity contribution in [2.24, 2.45) is 0 Å². The van der Waals surface area contributed by atoms with E-state index in [1.54, 1.807) is 18.2 Å². The van der Waals surface area contributed by atoms with Crippen LogP contribution in [0, 0.1) is 0 Å². The molecular weight excluding hydrogens is 423 g/mol. The fourth-order valence-electron chi connectivity index (χ4n) is 2.55. The molecule has 0 aliphatic heterocycles. The number of amides is 1. The van der Waals surface area contributed by atoms with E-state index in [0.717, 1.165) is 11.8 Å². The van der Waals surface area contributed by atoms with Crippen LogP contribution in [0.4, 0.5) is 13.2 Å². The van der Waals surface area contributed by atoms with Gasteiger partial charge in [0, 0.05) is 19.2 Å². The highest BCUT2D eigenvalue weighted by atomic mass is 32.2. The van der Waals surface area contributed by atoms with E-state index in [0.29, 0.717) is 12.0 Å². The minimum absolute atomic E-state index is 0.0273. The van der Waals surface area contributed by atoms with E-state index >= 15 is 0 Å². The largest absolute Gasteiger partial charge is 0.493 e. The molecule has 0 saturated heterocycles. The standard InChI is InChI=1S/C20H22F3NO5S/c1-28-18-11-14(5-9-17(18)29-13-20(21,22)23)6-10-19(25)24-12-15-3-7-16(8-4-15)30(2,26)27/h3-5,7-9,11H,6,10,12-13H2,1-2H3,(H,24,25). The molecule has 2 aromatic carbocycles. The molecule has 0 aliphatic rings. The highest BCUT2D eigenvalue weighted by Gasteiger charge is 2.29. The van der Waals surface area contributed by atoms with Gasteiger partial charge in [0.05, 0.1) is 12.0 Å². The van der Waals surface area contributed by atoms with Crippen molar-refractivity contribution >= 4 is 15.7 Å². The van der Waals surface area contributed by atoms with Crippen LogP contribution in [0.2, 0.25) is 0 Å². The number of rotatable bonds is 9. The van der Waals surface area contributed by atoms with Gasteiger partial charge in [-0.1, -0.05) is 18.2 Å². The molecular formula is C20H22F3NO5S. The number of hydrogen-bond donors (Lipinski definition) is 1. The zero-order chi connectivity index (χ0) is 22.4. The molecule has 164 valence electrons. The molecule has 0 spiro atoms. The molecule has 0 fully saturated rings. The van der Waals surface area contributed by atoms with Gasteiger partial charge in [0.25, 0.3) is 0 Å². The van der Waals surface area contributed by atoms with Crippen molar-refractivity contribution in [3.05, 3.63) is 53.6 Å². The maximum Gasteiger partial charge on any atom is 0.422 e. The topological polar surface area (TPSA) is 81.7 Å². The molecule has 2 rings (SSSR count). The minimum Gasteiger partial charge on any atom is -0.493 e. The number of benzene rings is 2. The first-order chi connectivity index (χ1) is 14.0. The lowest BCUT2D eigenvalue weighted by atomic mass is 10.1. The van der Waals surface area contributed by atoms with Gasteiger partial charge < -0.3 is 14.8 Å². The van der Waals surface area contributed by atoms with E-state index in [9.17, 15) is 26.4 Å². The maximum atomic E-state index is 12.3. The SMILES string of the molecule is COc1cc(CCC(=O)NCc2ccc(S(C)(=O)=O)cc2)ccc1OCC(F)(F)F. The second kappa shape index (κ2) is 9.84. The van der Waals surface area contributed by atoms with E-state index in [4.69, 9.17) is 9.47 Å². The predicted octanol–water partition coefficient (Wildman–Crippen LogP) is 3.29. The molecule has 1 amide bonds. The first-order valence-electron chi connectivity index (χ1n) is 8.90. The first-order valence-corrected chi connectivity index (χ1v) is 10.8. The Morgan fingerprint density at radius 2 is 1.67 bits per heavy atom. The van der Waals surface area contributed by atoms with Gasteiger partial charge in [-0.05, 0) is 41.8 Å². The number of carbonyl (C=O) groups excluding carboxylic acids is 1. The number of ether oxygens (including phenoxy) is 2. The monoisotopic (exact) mass is 445 g/mol. The summed E-state index contributed by atoms with van der Waals surface area (Å²) in [7, 11) is -1.95. The Morgan fingerprint density at radius 3 is 2.23 bits per heavy atom. The van der Waals surface area contributed by atoms with Crippen LogP contribution < -0.4 is 14.8 Å². The van der Waals surface area contributed by atoms with Crippen molar-refractivity contribution in [2.75, 3.05) is 20.0 Å². The Kier molecular flexibility index (Phi) is 7.71. The zero-order valence-corrected chi connectivity index (χ0v) is 17.3. The third kappa shape index (κ3) is 7.58. The van der Waals surface area contributed by atoms with Crippen molar-refractivity contribution in [3.63, 3.8) is 0 Å². The third-order valence-corrected chi connectivity index (χ3v) is 5.23. The smallest absolute Gasteiger partial charge is 0.422 e. The summed E-state index contributed by atoms with van der Waals surface area (Å²) in [5.74, 6) is -0.0951. The van der Waals surface area contributed by atoms with Crippen LogP contribution in [-0.2, 0) is 27.6 Å². The van der Waals surface area contributed by atoms with Gasteiger partial charge in [0.2, 0.25) is 5.91 Å². The molecule has 0 radical (unpaired) electrons. The molecule has 0 heterocycles. The van der Waals surface area contributed by atoms with E-state index in [1.165, 1.54) is 31.4 Å². The minimum atomic E-state index is -4.45. The second-order valence-electron chi connectivity index (χ2n) is 6.58. The van der Waals surface area contributed by atoms with Crippen LogP contribution in [0.5, 0.6) is 11.5 Å². The van der Waals surface area contributed by atoms with Crippen molar-refractivity contribution in [1.82, 2.24) is 5.32 Å². The Labute approximate surface area is 172 Å². The molecule has 0 aliphatic carbocycles. The lowest BCUT2D eigenvalue weighted by Gasteiger charge is -2.13. The summed E-state index contributed by atoms with van der Waals surface area (Å²) in [5, 5.41) is 2.73. The fraction of sp³-hybridized carbons (Fsp3) is 0.350. The zero-order valence-electron chi connectivity index (χ0n) is 16.5. The number of halogens is 3. The van der Waals surface area contributed by atoms with Gasteiger partial charge in [-0.25, -0.2) is 8.42 Å². The van der Waals surface area contributed by atoms with Crippen LogP contribution in [0.1, 0.15) is 17.5 Å². The van der Waals surface area contributed by atoms with Crippen molar-refractivity contribution < 1.29 is 35.9 Å². The molecule has 0 aromatic heterocycles. The average Bonchev–Trinajstić information content (AvgIpc) is 2.68. The summed E-state index contributed by atoms with van der Waals surface area (Å²) >= 11 is 0. The van der Waals surface area contributed by atoms with E-state index in [-0.39, 0.29) is 35.3 Å². The summed E-state index contributed by atoms with van der Waals surface area (Å²) in [4.78, 5) is 12.3. The molecule has 0 saturated carbocycles. The van der Waals surface area contributed by atoms with Crippen LogP contribution in [0.15, 0.2) is 47.4 Å². The van der Waals surface area contributed by atoms with E-state index in [1.807, 2.05) is 0 Å². The molecule has 0 atom stereocenters. The van der Waals surface area contributed by atoms with E-state index in [2.05, 4.69) is 5.32 Å². The molecule has 6 nitrogen and oxygen atoms in total. The van der Waals surface area contributed by atoms with Gasteiger partial charge in [-0.15, -0.1) is 0 Å². The summed E-state index contributed by atoms with van der Waals surface area (Å²) in [6.07, 6.45) is -2.82. The Morgan fingerprint density at radius 1 is 1.03 bits per heavy atom. The number of sulfone groups is 1. The quantitative estimate of drug-likeness (QED) is 0.641. The first kappa shape index (κ1) is 23.5. The molecule has 2 aromatic rings. The molecule has 0 unspecified atom stereocenters. The summed E-state index contributed by atoms with van der Waals surface area (Å²) in [6, 6.07) is 10.7. The van der Waals surface area contributed by atoms with Crippen molar-refractivity contribution in [1.29, 1.82) is 0 Å². The number of hydrogen-bond acceptors (Lipinski definition) is 5. The van der Waals surface area contributed by atoms with Gasteiger partial charge in [0.1, 0.15) is 0 Å². The van der Waals surface area contributed by atoms with Crippen LogP contribution >= 0.6 is 0 Å². The van der Waals surface area contributed by atoms with Gasteiger partial charge in [0.15, 0.2) is 27.9 Å². The number of aryl methyl sites for hydroxylation is 1. The second-order valence-corrected chi connectivity index (χ2v) is 8.60. The Bertz CT molecular complexity index is 973. The maximum absolute atomic E-state index is 12.3.